The van der Waals surface area contributed by atoms with Crippen molar-refractivity contribution in [2.45, 2.75) is 25.8 Å². The van der Waals surface area contributed by atoms with Crippen LogP contribution in [0, 0.1) is 0 Å². The molecule has 5 heterocycles. The number of hydrogen-bond donors (Lipinski definition) is 1. The van der Waals surface area contributed by atoms with Gasteiger partial charge >= 0.3 is 0 Å². The number of fused-ring (bicyclic) bond motifs is 2. The number of rotatable bonds is 7. The van der Waals surface area contributed by atoms with Gasteiger partial charge in [-0.3, -0.25) is 4.90 Å². The number of hydrogen-bond acceptors (Lipinski definition) is 6. The van der Waals surface area contributed by atoms with Crippen LogP contribution < -0.4 is 10.1 Å². The molecule has 158 valence electrons. The van der Waals surface area contributed by atoms with Gasteiger partial charge in [0.2, 0.25) is 5.88 Å². The van der Waals surface area contributed by atoms with Gasteiger partial charge in [-0.15, -0.1) is 0 Å². The highest BCUT2D eigenvalue weighted by atomic mass is 16.5. The average molecular weight is 415 g/mol. The first-order chi connectivity index (χ1) is 15.2. The van der Waals surface area contributed by atoms with Crippen molar-refractivity contribution < 1.29 is 4.74 Å². The maximum Gasteiger partial charge on any atom is 0.215 e. The van der Waals surface area contributed by atoms with Gasteiger partial charge in [0.05, 0.1) is 12.3 Å². The molecule has 0 saturated heterocycles. The number of allylic oxidation sites excluding steroid dienone is 1. The lowest BCUT2D eigenvalue weighted by Gasteiger charge is -2.25. The quantitative estimate of drug-likeness (QED) is 0.593. The van der Waals surface area contributed by atoms with Gasteiger partial charge in [-0.05, 0) is 49.7 Å². The molecule has 0 fully saturated rings. The van der Waals surface area contributed by atoms with Gasteiger partial charge in [0, 0.05) is 54.8 Å². The Kier molecular flexibility index (Phi) is 5.50. The van der Waals surface area contributed by atoms with Crippen molar-refractivity contribution in [2.75, 3.05) is 25.0 Å². The first kappa shape index (κ1) is 19.5. The summed E-state index contributed by atoms with van der Waals surface area (Å²) in [5, 5.41) is 7.90. The summed E-state index contributed by atoms with van der Waals surface area (Å²) in [5.74, 6) is 2.33. The van der Waals surface area contributed by atoms with Crippen molar-refractivity contribution in [3.8, 4) is 11.7 Å². The molecule has 1 N–H and O–H groups in total. The fourth-order valence-electron chi connectivity index (χ4n) is 3.93. The zero-order valence-corrected chi connectivity index (χ0v) is 17.5. The second-order valence-corrected chi connectivity index (χ2v) is 7.89. The van der Waals surface area contributed by atoms with E-state index >= 15 is 0 Å². The Bertz CT molecular complexity index is 1100. The van der Waals surface area contributed by atoms with E-state index in [1.165, 1.54) is 11.3 Å². The van der Waals surface area contributed by atoms with Crippen LogP contribution >= 0.6 is 0 Å². The molecule has 2 aliphatic heterocycles. The zero-order valence-electron chi connectivity index (χ0n) is 17.5. The smallest absolute Gasteiger partial charge is 0.215 e. The first-order valence-electron chi connectivity index (χ1n) is 10.7. The molecule has 0 radical (unpaired) electrons. The van der Waals surface area contributed by atoms with E-state index in [2.05, 4.69) is 33.0 Å². The number of nitrogens with one attached hydrogen (secondary N) is 1. The monoisotopic (exact) mass is 414 g/mol. The molecule has 2 aliphatic rings. The Balaban J connectivity index is 1.08. The lowest BCUT2D eigenvalue weighted by atomic mass is 10.1. The molecule has 31 heavy (non-hydrogen) atoms. The largest absolute Gasteiger partial charge is 0.478 e. The van der Waals surface area contributed by atoms with Gasteiger partial charge in [0.1, 0.15) is 5.82 Å². The lowest BCUT2D eigenvalue weighted by molar-refractivity contribution is 0.232. The van der Waals surface area contributed by atoms with Crippen LogP contribution in [0.1, 0.15) is 29.7 Å². The van der Waals surface area contributed by atoms with Gasteiger partial charge < -0.3 is 10.1 Å². The van der Waals surface area contributed by atoms with E-state index in [0.717, 1.165) is 61.8 Å². The number of anilines is 1. The van der Waals surface area contributed by atoms with Crippen LogP contribution in [0.15, 0.2) is 61.1 Å². The molecule has 7 nitrogen and oxygen atoms in total. The van der Waals surface area contributed by atoms with Crippen molar-refractivity contribution in [3.63, 3.8) is 0 Å². The summed E-state index contributed by atoms with van der Waals surface area (Å²) in [6.07, 6.45) is 10.9. The molecule has 3 aromatic heterocycles. The highest BCUT2D eigenvalue weighted by molar-refractivity contribution is 5.71. The van der Waals surface area contributed by atoms with E-state index < -0.39 is 0 Å². The molecule has 0 aromatic carbocycles. The van der Waals surface area contributed by atoms with Crippen LogP contribution in [0.2, 0.25) is 0 Å². The predicted molar refractivity (Wildman–Crippen MR) is 121 cm³/mol. The number of pyridine rings is 2. The standard InChI is InChI=1S/C24H26N6O/c1-18-7-8-19-9-10-23(27-24(19)26-18)31-15-5-4-13-29-14-11-21-20(16-29)17-30(28-21)22-6-2-3-12-25-22/h2-3,6-10,12,17H,1,4-5,11,13-16H2,(H,26,27). The minimum atomic E-state index is 0.652. The number of unbranched alkanes of at least 4 members (excludes halogenated alkanes) is 1. The van der Waals surface area contributed by atoms with Crippen LogP contribution in [0.5, 0.6) is 5.88 Å². The molecule has 3 aromatic rings. The summed E-state index contributed by atoms with van der Waals surface area (Å²) >= 11 is 0. The SMILES string of the molecule is C=C1C=Cc2ccc(OCCCCN3CCc4nn(-c5ccccn5)cc4C3)nc2N1. The Labute approximate surface area is 182 Å². The predicted octanol–water partition coefficient (Wildman–Crippen LogP) is 3.83. The Hall–Kier alpha value is -3.45. The molecule has 7 heteroatoms. The molecular formula is C24H26N6O. The van der Waals surface area contributed by atoms with Crippen LogP contribution in [0.3, 0.4) is 0 Å². The van der Waals surface area contributed by atoms with Crippen LogP contribution in [-0.2, 0) is 13.0 Å². The summed E-state index contributed by atoms with van der Waals surface area (Å²) in [4.78, 5) is 11.4. The van der Waals surface area contributed by atoms with Gasteiger partial charge in [0.15, 0.2) is 5.82 Å². The second kappa shape index (κ2) is 8.73. The molecule has 0 saturated carbocycles. The fourth-order valence-corrected chi connectivity index (χ4v) is 3.93. The maximum absolute atomic E-state index is 5.86. The molecule has 0 amide bonds. The van der Waals surface area contributed by atoms with Crippen molar-refractivity contribution in [3.05, 3.63) is 77.9 Å². The summed E-state index contributed by atoms with van der Waals surface area (Å²) in [6, 6.07) is 9.83. The van der Waals surface area contributed by atoms with Gasteiger partial charge in [-0.2, -0.15) is 10.1 Å². The minimum Gasteiger partial charge on any atom is -0.478 e. The highest BCUT2D eigenvalue weighted by Crippen LogP contribution is 2.25. The van der Waals surface area contributed by atoms with Gasteiger partial charge in [-0.1, -0.05) is 12.6 Å². The van der Waals surface area contributed by atoms with Crippen molar-refractivity contribution in [2.24, 2.45) is 0 Å². The van der Waals surface area contributed by atoms with E-state index in [-0.39, 0.29) is 0 Å². The molecule has 0 spiro atoms. The number of ether oxygens (including phenoxy) is 1. The third-order valence-corrected chi connectivity index (χ3v) is 5.58. The van der Waals surface area contributed by atoms with Crippen LogP contribution in [0.25, 0.3) is 11.9 Å². The summed E-state index contributed by atoms with van der Waals surface area (Å²) in [5.41, 5.74) is 4.38. The molecule has 0 bridgehead atoms. The lowest BCUT2D eigenvalue weighted by Crippen LogP contribution is -2.31. The van der Waals surface area contributed by atoms with Crippen LogP contribution in [0.4, 0.5) is 5.82 Å². The van der Waals surface area contributed by atoms with E-state index in [1.807, 2.05) is 47.2 Å². The van der Waals surface area contributed by atoms with Gasteiger partial charge in [-0.25, -0.2) is 9.67 Å². The van der Waals surface area contributed by atoms with E-state index in [1.54, 1.807) is 6.20 Å². The van der Waals surface area contributed by atoms with Crippen molar-refractivity contribution in [1.82, 2.24) is 24.6 Å². The van der Waals surface area contributed by atoms with E-state index in [0.29, 0.717) is 12.5 Å². The van der Waals surface area contributed by atoms with Crippen molar-refractivity contribution in [1.29, 1.82) is 0 Å². The third-order valence-electron chi connectivity index (χ3n) is 5.58. The molecule has 0 unspecified atom stereocenters. The highest BCUT2D eigenvalue weighted by Gasteiger charge is 2.19. The minimum absolute atomic E-state index is 0.652. The molecule has 5 rings (SSSR count). The summed E-state index contributed by atoms with van der Waals surface area (Å²) < 4.78 is 7.76. The normalized spacial score (nSPS) is 15.3. The number of aromatic nitrogens is 4. The fraction of sp³-hybridized carbons (Fsp3) is 0.292. The molecule has 0 atom stereocenters. The van der Waals surface area contributed by atoms with E-state index in [4.69, 9.17) is 9.84 Å². The number of nitrogens with zero attached hydrogens (tertiary/aromatic N) is 5. The maximum atomic E-state index is 5.86. The second-order valence-electron chi connectivity index (χ2n) is 7.89. The molecule has 0 aliphatic carbocycles. The first-order valence-corrected chi connectivity index (χ1v) is 10.7. The third kappa shape index (κ3) is 4.51. The van der Waals surface area contributed by atoms with Gasteiger partial charge in [0.25, 0.3) is 0 Å². The Morgan fingerprint density at radius 3 is 3.00 bits per heavy atom. The average Bonchev–Trinajstić information content (AvgIpc) is 3.23. The van der Waals surface area contributed by atoms with Crippen LogP contribution in [-0.4, -0.2) is 44.3 Å². The topological polar surface area (TPSA) is 68.1 Å². The van der Waals surface area contributed by atoms with E-state index in [9.17, 15) is 0 Å². The zero-order chi connectivity index (χ0) is 21.0. The summed E-state index contributed by atoms with van der Waals surface area (Å²) in [6.45, 7) is 7.62. The van der Waals surface area contributed by atoms with Crippen molar-refractivity contribution >= 4 is 11.9 Å². The summed E-state index contributed by atoms with van der Waals surface area (Å²) in [7, 11) is 0. The Morgan fingerprint density at radius 2 is 2.10 bits per heavy atom. The Morgan fingerprint density at radius 1 is 1.13 bits per heavy atom. The molecular weight excluding hydrogens is 388 g/mol.